The fourth-order valence-electron chi connectivity index (χ4n) is 2.85. The molecule has 2 heterocycles. The van der Waals surface area contributed by atoms with Crippen LogP contribution in [0.2, 0.25) is 0 Å². The summed E-state index contributed by atoms with van der Waals surface area (Å²) < 4.78 is 5.15. The number of carbonyl (C=O) groups is 1. The van der Waals surface area contributed by atoms with E-state index in [0.29, 0.717) is 30.4 Å². The van der Waals surface area contributed by atoms with Crippen LogP contribution in [-0.2, 0) is 0 Å². The number of carbonyl (C=O) groups excluding carboxylic acids is 1. The zero-order valence-corrected chi connectivity index (χ0v) is 13.4. The summed E-state index contributed by atoms with van der Waals surface area (Å²) in [6.07, 6.45) is 3.36. The van der Waals surface area contributed by atoms with Gasteiger partial charge in [-0.2, -0.15) is 0 Å². The van der Waals surface area contributed by atoms with Crippen LogP contribution in [-0.4, -0.2) is 53.8 Å². The molecule has 1 aromatic heterocycles. The zero-order valence-electron chi connectivity index (χ0n) is 13.4. The fraction of sp³-hybridized carbons (Fsp3) is 0.353. The smallest absolute Gasteiger partial charge is 0.251 e. The molecule has 0 aliphatic carbocycles. The van der Waals surface area contributed by atoms with E-state index >= 15 is 0 Å². The lowest BCUT2D eigenvalue weighted by Crippen LogP contribution is -2.41. The fourth-order valence-corrected chi connectivity index (χ4v) is 2.85. The number of rotatable bonds is 5. The summed E-state index contributed by atoms with van der Waals surface area (Å²) >= 11 is 0. The number of anilines is 1. The van der Waals surface area contributed by atoms with Gasteiger partial charge in [-0.1, -0.05) is 6.07 Å². The number of hydrogen-bond acceptors (Lipinski definition) is 6. The summed E-state index contributed by atoms with van der Waals surface area (Å²) in [5, 5.41) is 12.6. The Morgan fingerprint density at radius 1 is 1.33 bits per heavy atom. The number of ether oxygens (including phenoxy) is 1. The van der Waals surface area contributed by atoms with Gasteiger partial charge in [0, 0.05) is 43.6 Å². The van der Waals surface area contributed by atoms with Crippen molar-refractivity contribution >= 4 is 11.9 Å². The van der Waals surface area contributed by atoms with Gasteiger partial charge in [-0.15, -0.1) is 0 Å². The Hall–Kier alpha value is -2.67. The molecule has 0 bridgehead atoms. The molecule has 1 aromatic carbocycles. The number of aromatic nitrogens is 2. The molecule has 7 heteroatoms. The number of nitrogens with one attached hydrogen (secondary N) is 1. The molecule has 1 fully saturated rings. The molecule has 1 aliphatic rings. The summed E-state index contributed by atoms with van der Waals surface area (Å²) in [7, 11) is 1.56. The van der Waals surface area contributed by atoms with Crippen molar-refractivity contribution in [2.24, 2.45) is 5.92 Å². The van der Waals surface area contributed by atoms with Crippen molar-refractivity contribution in [3.8, 4) is 5.75 Å². The topological polar surface area (TPSA) is 87.6 Å². The van der Waals surface area contributed by atoms with Crippen molar-refractivity contribution in [1.29, 1.82) is 0 Å². The van der Waals surface area contributed by atoms with Crippen LogP contribution in [0.15, 0.2) is 42.7 Å². The summed E-state index contributed by atoms with van der Waals surface area (Å²) in [4.78, 5) is 22.9. The van der Waals surface area contributed by atoms with Crippen molar-refractivity contribution in [3.05, 3.63) is 48.3 Å². The Kier molecular flexibility index (Phi) is 4.90. The van der Waals surface area contributed by atoms with E-state index in [1.807, 2.05) is 4.90 Å². The Morgan fingerprint density at radius 2 is 2.12 bits per heavy atom. The molecule has 0 radical (unpaired) electrons. The average molecular weight is 328 g/mol. The van der Waals surface area contributed by atoms with Crippen molar-refractivity contribution in [2.45, 2.75) is 6.04 Å². The number of benzene rings is 1. The number of amides is 1. The van der Waals surface area contributed by atoms with Crippen molar-refractivity contribution in [1.82, 2.24) is 15.3 Å². The van der Waals surface area contributed by atoms with Gasteiger partial charge in [-0.3, -0.25) is 4.79 Å². The highest BCUT2D eigenvalue weighted by Crippen LogP contribution is 2.21. The van der Waals surface area contributed by atoms with E-state index in [1.165, 1.54) is 0 Å². The van der Waals surface area contributed by atoms with E-state index < -0.39 is 0 Å². The van der Waals surface area contributed by atoms with E-state index in [4.69, 9.17) is 4.74 Å². The highest BCUT2D eigenvalue weighted by Gasteiger charge is 2.34. The monoisotopic (exact) mass is 328 g/mol. The molecule has 1 amide bonds. The normalized spacial score (nSPS) is 20.0. The third-order valence-corrected chi connectivity index (χ3v) is 4.16. The van der Waals surface area contributed by atoms with Gasteiger partial charge in [0.2, 0.25) is 5.95 Å². The Morgan fingerprint density at radius 3 is 2.83 bits per heavy atom. The molecule has 0 unspecified atom stereocenters. The van der Waals surface area contributed by atoms with Crippen LogP contribution in [0.25, 0.3) is 0 Å². The largest absolute Gasteiger partial charge is 0.497 e. The lowest BCUT2D eigenvalue weighted by molar-refractivity contribution is 0.0921. The Bertz CT molecular complexity index is 695. The minimum absolute atomic E-state index is 0.00755. The van der Waals surface area contributed by atoms with Crippen molar-refractivity contribution < 1.29 is 14.6 Å². The second-order valence-electron chi connectivity index (χ2n) is 5.71. The number of aliphatic hydroxyl groups excluding tert-OH is 1. The summed E-state index contributed by atoms with van der Waals surface area (Å²) in [5.41, 5.74) is 0.528. The van der Waals surface area contributed by atoms with Gasteiger partial charge in [0.15, 0.2) is 0 Å². The molecule has 0 spiro atoms. The molecular formula is C17H20N4O3. The lowest BCUT2D eigenvalue weighted by Gasteiger charge is -2.18. The number of nitrogens with zero attached hydrogens (tertiary/aromatic N) is 3. The average Bonchev–Trinajstić information content (AvgIpc) is 3.05. The van der Waals surface area contributed by atoms with Crippen LogP contribution in [0.5, 0.6) is 5.75 Å². The van der Waals surface area contributed by atoms with E-state index in [-0.39, 0.29) is 24.5 Å². The van der Waals surface area contributed by atoms with Crippen LogP contribution < -0.4 is 15.0 Å². The third kappa shape index (κ3) is 3.46. The molecule has 0 saturated carbocycles. The van der Waals surface area contributed by atoms with Crippen LogP contribution in [0.1, 0.15) is 10.4 Å². The quantitative estimate of drug-likeness (QED) is 0.841. The molecule has 1 aliphatic heterocycles. The molecule has 2 N–H and O–H groups in total. The van der Waals surface area contributed by atoms with Gasteiger partial charge < -0.3 is 20.1 Å². The van der Waals surface area contributed by atoms with Crippen LogP contribution >= 0.6 is 0 Å². The maximum atomic E-state index is 12.5. The van der Waals surface area contributed by atoms with Gasteiger partial charge in [-0.05, 0) is 24.3 Å². The van der Waals surface area contributed by atoms with Gasteiger partial charge in [0.1, 0.15) is 5.75 Å². The number of methoxy groups -OCH3 is 1. The van der Waals surface area contributed by atoms with Crippen LogP contribution in [0.3, 0.4) is 0 Å². The first-order valence-electron chi connectivity index (χ1n) is 7.79. The summed E-state index contributed by atoms with van der Waals surface area (Å²) in [6.45, 7) is 1.15. The minimum atomic E-state index is -0.187. The SMILES string of the molecule is COc1cccc(C(=O)N[C@@H]2CN(c3ncccn3)C[C@H]2CO)c1. The van der Waals surface area contributed by atoms with Crippen LogP contribution in [0.4, 0.5) is 5.95 Å². The van der Waals surface area contributed by atoms with Gasteiger partial charge in [-0.25, -0.2) is 9.97 Å². The number of hydrogen-bond donors (Lipinski definition) is 2. The standard InChI is InChI=1S/C17H20N4O3/c1-24-14-5-2-4-12(8-14)16(23)20-15-10-21(9-13(15)11-22)17-18-6-3-7-19-17/h2-8,13,15,22H,9-11H2,1H3,(H,20,23)/t13-,15+/m0/s1. The lowest BCUT2D eigenvalue weighted by atomic mass is 10.0. The van der Waals surface area contributed by atoms with Gasteiger partial charge in [0.05, 0.1) is 13.2 Å². The molecule has 24 heavy (non-hydrogen) atoms. The molecule has 7 nitrogen and oxygen atoms in total. The van der Waals surface area contributed by atoms with Crippen LogP contribution in [0, 0.1) is 5.92 Å². The van der Waals surface area contributed by atoms with E-state index in [1.54, 1.807) is 49.8 Å². The highest BCUT2D eigenvalue weighted by atomic mass is 16.5. The number of aliphatic hydroxyl groups is 1. The Labute approximate surface area is 140 Å². The maximum Gasteiger partial charge on any atom is 0.251 e. The summed E-state index contributed by atoms with van der Waals surface area (Å²) in [6, 6.07) is 8.57. The predicted octanol–water partition coefficient (Wildman–Crippen LogP) is 0.712. The first-order valence-corrected chi connectivity index (χ1v) is 7.79. The van der Waals surface area contributed by atoms with E-state index in [9.17, 15) is 9.90 Å². The molecule has 126 valence electrons. The molecule has 2 atom stereocenters. The van der Waals surface area contributed by atoms with Crippen molar-refractivity contribution in [2.75, 3.05) is 31.7 Å². The molecular weight excluding hydrogens is 308 g/mol. The van der Waals surface area contributed by atoms with E-state index in [2.05, 4.69) is 15.3 Å². The minimum Gasteiger partial charge on any atom is -0.497 e. The highest BCUT2D eigenvalue weighted by molar-refractivity contribution is 5.94. The summed E-state index contributed by atoms with van der Waals surface area (Å²) in [5.74, 6) is 0.984. The predicted molar refractivity (Wildman–Crippen MR) is 89.1 cm³/mol. The zero-order chi connectivity index (χ0) is 16.9. The van der Waals surface area contributed by atoms with Gasteiger partial charge in [0.25, 0.3) is 5.91 Å². The first kappa shape index (κ1) is 16.2. The molecule has 1 saturated heterocycles. The molecule has 2 aromatic rings. The Balaban J connectivity index is 1.70. The second kappa shape index (κ2) is 7.27. The first-order chi connectivity index (χ1) is 11.7. The second-order valence-corrected chi connectivity index (χ2v) is 5.71. The van der Waals surface area contributed by atoms with Crippen molar-refractivity contribution in [3.63, 3.8) is 0 Å². The van der Waals surface area contributed by atoms with Gasteiger partial charge >= 0.3 is 0 Å². The van der Waals surface area contributed by atoms with E-state index in [0.717, 1.165) is 0 Å². The maximum absolute atomic E-state index is 12.5. The third-order valence-electron chi connectivity index (χ3n) is 4.16. The molecule has 3 rings (SSSR count).